The number of hydrogen-bond acceptors (Lipinski definition) is 13. The molecule has 0 saturated carbocycles. The van der Waals surface area contributed by atoms with Gasteiger partial charge in [0.2, 0.25) is 5.79 Å². The third kappa shape index (κ3) is 9.13. The third-order valence-corrected chi connectivity index (χ3v) is 11.3. The second-order valence-electron chi connectivity index (χ2n) is 15.7. The first kappa shape index (κ1) is 41.6. The van der Waals surface area contributed by atoms with Crippen molar-refractivity contribution in [1.29, 1.82) is 0 Å². The molecule has 3 saturated heterocycles. The summed E-state index contributed by atoms with van der Waals surface area (Å²) in [5.74, 6) is -4.94. The molecule has 11 atom stereocenters. The molecule has 6 bridgehead atoms. The third-order valence-electron chi connectivity index (χ3n) is 11.3. The minimum atomic E-state index is -1.91. The van der Waals surface area contributed by atoms with E-state index in [1.807, 2.05) is 46.8 Å². The molecule has 0 aliphatic carbocycles. The first-order chi connectivity index (χ1) is 23.8. The summed E-state index contributed by atoms with van der Waals surface area (Å²) in [6, 6.07) is 0. The second-order valence-corrected chi connectivity index (χ2v) is 15.7. The van der Waals surface area contributed by atoms with Crippen molar-refractivity contribution in [3.05, 3.63) is 35.5 Å². The average molecular weight is 725 g/mol. The highest BCUT2D eigenvalue weighted by molar-refractivity contribution is 5.82. The quantitative estimate of drug-likeness (QED) is 0.189. The number of aliphatic hydroxyl groups is 4. The molecule has 51 heavy (non-hydrogen) atoms. The zero-order chi connectivity index (χ0) is 37.9. The van der Waals surface area contributed by atoms with E-state index >= 15 is 0 Å². The summed E-state index contributed by atoms with van der Waals surface area (Å²) in [6.07, 6.45) is 0.877. The van der Waals surface area contributed by atoms with Crippen molar-refractivity contribution in [1.82, 2.24) is 0 Å². The van der Waals surface area contributed by atoms with Crippen molar-refractivity contribution < 1.29 is 63.2 Å². The summed E-state index contributed by atoms with van der Waals surface area (Å²) in [6.45, 7) is 10.7. The number of carbonyl (C=O) groups is 2. The van der Waals surface area contributed by atoms with Crippen LogP contribution in [0.2, 0.25) is 0 Å². The van der Waals surface area contributed by atoms with Crippen LogP contribution in [0.15, 0.2) is 35.5 Å². The number of fused-ring (bicyclic) bond motifs is 6. The lowest BCUT2D eigenvalue weighted by atomic mass is 9.70. The Morgan fingerprint density at radius 2 is 1.67 bits per heavy atom. The Morgan fingerprint density at radius 1 is 0.961 bits per heavy atom. The predicted octanol–water partition coefficient (Wildman–Crippen LogP) is 3.40. The van der Waals surface area contributed by atoms with Crippen LogP contribution in [0.3, 0.4) is 0 Å². The summed E-state index contributed by atoms with van der Waals surface area (Å²) in [5, 5.41) is 46.4. The standard InChI is InChI=1S/C38H60O13/c1-10-24-16-27-19-30(22(2)39)49-33(42)18-25(40)17-28-20-31(45-7)36(5,6)37(43,50-28)21-29-14-23(15-32(41)46-8)13-26(48-29)11-12-35(3,4)38(44,51-27)34(24)47-9/h10-12,15,22,25-31,34,39-40,43-44H,13-14,16-21H2,1-9H3/b12-11+,23-15+,24-10?. The van der Waals surface area contributed by atoms with E-state index < -0.39 is 89.3 Å². The van der Waals surface area contributed by atoms with Gasteiger partial charge in [-0.25, -0.2) is 4.79 Å². The second kappa shape index (κ2) is 16.4. The molecule has 4 rings (SSSR count). The zero-order valence-corrected chi connectivity index (χ0v) is 31.6. The average Bonchev–Trinajstić information content (AvgIpc) is 3.04. The van der Waals surface area contributed by atoms with E-state index in [1.54, 1.807) is 13.2 Å². The maximum Gasteiger partial charge on any atom is 0.330 e. The normalized spacial score (nSPS) is 42.0. The van der Waals surface area contributed by atoms with Crippen LogP contribution in [0.25, 0.3) is 0 Å². The van der Waals surface area contributed by atoms with Gasteiger partial charge >= 0.3 is 11.9 Å². The summed E-state index contributed by atoms with van der Waals surface area (Å²) in [4.78, 5) is 25.5. The van der Waals surface area contributed by atoms with Gasteiger partial charge in [-0.1, -0.05) is 51.5 Å². The lowest BCUT2D eigenvalue weighted by molar-refractivity contribution is -0.350. The smallest absolute Gasteiger partial charge is 0.330 e. The molecule has 4 aliphatic rings. The van der Waals surface area contributed by atoms with E-state index in [-0.39, 0.29) is 25.7 Å². The van der Waals surface area contributed by atoms with E-state index in [1.165, 1.54) is 27.2 Å². The van der Waals surface area contributed by atoms with E-state index in [9.17, 15) is 30.0 Å². The minimum Gasteiger partial charge on any atom is -0.466 e. The summed E-state index contributed by atoms with van der Waals surface area (Å²) in [5.41, 5.74) is -0.500. The van der Waals surface area contributed by atoms with Crippen LogP contribution in [0.1, 0.15) is 92.9 Å². The number of esters is 2. The van der Waals surface area contributed by atoms with E-state index in [0.717, 1.165) is 11.1 Å². The Hall–Kier alpha value is -2.20. The van der Waals surface area contributed by atoms with Gasteiger partial charge in [-0.05, 0) is 38.7 Å². The molecule has 11 unspecified atom stereocenters. The van der Waals surface area contributed by atoms with Gasteiger partial charge in [0.15, 0.2) is 5.79 Å². The maximum absolute atomic E-state index is 13.2. The maximum atomic E-state index is 13.2. The van der Waals surface area contributed by atoms with Crippen LogP contribution < -0.4 is 0 Å². The molecule has 4 N–H and O–H groups in total. The molecule has 0 aromatic heterocycles. The van der Waals surface area contributed by atoms with Crippen LogP contribution in [0, 0.1) is 10.8 Å². The molecule has 13 heteroatoms. The summed E-state index contributed by atoms with van der Waals surface area (Å²) in [7, 11) is 4.36. The lowest BCUT2D eigenvalue weighted by Gasteiger charge is -2.54. The number of rotatable bonds is 4. The van der Waals surface area contributed by atoms with Crippen molar-refractivity contribution in [2.24, 2.45) is 10.8 Å². The van der Waals surface area contributed by atoms with Gasteiger partial charge in [-0.3, -0.25) is 4.79 Å². The number of cyclic esters (lactones) is 1. The molecule has 290 valence electrons. The van der Waals surface area contributed by atoms with Gasteiger partial charge < -0.3 is 53.6 Å². The number of methoxy groups -OCH3 is 3. The number of hydrogen-bond donors (Lipinski definition) is 4. The van der Waals surface area contributed by atoms with Crippen molar-refractivity contribution in [3.63, 3.8) is 0 Å². The predicted molar refractivity (Wildman–Crippen MR) is 185 cm³/mol. The Labute approximate surface area is 301 Å². The number of ether oxygens (including phenoxy) is 7. The van der Waals surface area contributed by atoms with E-state index in [0.29, 0.717) is 25.7 Å². The van der Waals surface area contributed by atoms with Crippen LogP contribution in [-0.4, -0.2) is 120 Å². The highest BCUT2D eigenvalue weighted by Gasteiger charge is 2.58. The fraction of sp³-hybridized carbons (Fsp3) is 0.789. The van der Waals surface area contributed by atoms with Gasteiger partial charge in [0, 0.05) is 56.8 Å². The molecular weight excluding hydrogens is 664 g/mol. The Kier molecular flexibility index (Phi) is 13.4. The molecule has 4 heterocycles. The molecule has 0 amide bonds. The largest absolute Gasteiger partial charge is 0.466 e. The van der Waals surface area contributed by atoms with Crippen LogP contribution in [0.5, 0.6) is 0 Å². The van der Waals surface area contributed by atoms with Crippen molar-refractivity contribution in [2.45, 2.75) is 159 Å². The summed E-state index contributed by atoms with van der Waals surface area (Å²) >= 11 is 0. The summed E-state index contributed by atoms with van der Waals surface area (Å²) < 4.78 is 41.7. The Morgan fingerprint density at radius 3 is 2.27 bits per heavy atom. The first-order valence-corrected chi connectivity index (χ1v) is 18.0. The van der Waals surface area contributed by atoms with E-state index in [2.05, 4.69) is 0 Å². The number of allylic oxidation sites excluding steroid dienone is 1. The monoisotopic (exact) mass is 724 g/mol. The molecule has 3 fully saturated rings. The molecule has 13 nitrogen and oxygen atoms in total. The Bertz CT molecular complexity index is 1320. The fourth-order valence-electron chi connectivity index (χ4n) is 8.02. The zero-order valence-electron chi connectivity index (χ0n) is 31.6. The van der Waals surface area contributed by atoms with Crippen molar-refractivity contribution >= 4 is 11.9 Å². The lowest BCUT2D eigenvalue weighted by Crippen LogP contribution is -2.62. The highest BCUT2D eigenvalue weighted by atomic mass is 16.7. The molecular formula is C38H60O13. The molecule has 0 spiro atoms. The molecule has 0 radical (unpaired) electrons. The molecule has 0 aromatic carbocycles. The minimum absolute atomic E-state index is 0.00193. The van der Waals surface area contributed by atoms with Gasteiger partial charge in [0.05, 0.1) is 56.3 Å². The van der Waals surface area contributed by atoms with E-state index in [4.69, 9.17) is 33.2 Å². The van der Waals surface area contributed by atoms with Gasteiger partial charge in [0.25, 0.3) is 0 Å². The fourth-order valence-corrected chi connectivity index (χ4v) is 8.02. The van der Waals surface area contributed by atoms with Crippen LogP contribution in [0.4, 0.5) is 0 Å². The van der Waals surface area contributed by atoms with Crippen LogP contribution in [-0.2, 0) is 42.7 Å². The number of aliphatic hydroxyl groups excluding tert-OH is 2. The topological polar surface area (TPSA) is 180 Å². The first-order valence-electron chi connectivity index (χ1n) is 18.0. The van der Waals surface area contributed by atoms with Gasteiger partial charge in [-0.15, -0.1) is 0 Å². The van der Waals surface area contributed by atoms with Gasteiger partial charge in [-0.2, -0.15) is 0 Å². The SMILES string of the molecule is CC=C1CC2CC(C(C)O)OC(=O)CC(O)CC3CC(OC)C(C)(C)C(O)(CC4C/C(=C/C(=O)OC)CC(/C=C/C(C)(C)C(O)(O2)C1OC)O4)O3. The molecule has 0 aromatic rings. The highest BCUT2D eigenvalue weighted by Crippen LogP contribution is 2.50. The van der Waals surface area contributed by atoms with Crippen molar-refractivity contribution in [2.75, 3.05) is 21.3 Å². The molecule has 4 aliphatic heterocycles. The van der Waals surface area contributed by atoms with Crippen LogP contribution >= 0.6 is 0 Å². The number of carbonyl (C=O) groups excluding carboxylic acids is 2. The van der Waals surface area contributed by atoms with Crippen molar-refractivity contribution in [3.8, 4) is 0 Å². The Balaban J connectivity index is 1.80. The van der Waals surface area contributed by atoms with Gasteiger partial charge in [0.1, 0.15) is 12.2 Å².